The van der Waals surface area contributed by atoms with E-state index in [0.29, 0.717) is 5.84 Å². The minimum atomic E-state index is 0.0765. The molecule has 0 aliphatic heterocycles. The third-order valence-electron chi connectivity index (χ3n) is 2.23. The van der Waals surface area contributed by atoms with E-state index in [4.69, 9.17) is 5.41 Å². The number of rotatable bonds is 3. The third-order valence-corrected chi connectivity index (χ3v) is 2.23. The van der Waals surface area contributed by atoms with Crippen LogP contribution in [0.25, 0.3) is 0 Å². The van der Waals surface area contributed by atoms with E-state index in [-0.39, 0.29) is 5.41 Å². The summed E-state index contributed by atoms with van der Waals surface area (Å²) in [4.78, 5) is 4.65. The molecule has 0 aromatic rings. The highest BCUT2D eigenvalue weighted by molar-refractivity contribution is 5.90. The fourth-order valence-electron chi connectivity index (χ4n) is 1.35. The minimum absolute atomic E-state index is 0.0765. The van der Waals surface area contributed by atoms with Crippen molar-refractivity contribution in [2.75, 3.05) is 0 Å². The van der Waals surface area contributed by atoms with Gasteiger partial charge in [-0.05, 0) is 32.8 Å². The summed E-state index contributed by atoms with van der Waals surface area (Å²) in [5.41, 5.74) is 2.33. The van der Waals surface area contributed by atoms with E-state index in [1.54, 1.807) is 6.92 Å². The molecule has 0 aromatic heterocycles. The molecule has 16 heavy (non-hydrogen) atoms. The van der Waals surface area contributed by atoms with Crippen molar-refractivity contribution in [3.63, 3.8) is 0 Å². The molecule has 0 unspecified atom stereocenters. The summed E-state index contributed by atoms with van der Waals surface area (Å²) in [6.07, 6.45) is 0.930. The number of nitrogens with one attached hydrogen (secondary N) is 2. The lowest BCUT2D eigenvalue weighted by Crippen LogP contribution is -2.24. The Bertz CT molecular complexity index is 313. The molecule has 0 amide bonds. The predicted molar refractivity (Wildman–Crippen MR) is 72.1 cm³/mol. The second-order valence-corrected chi connectivity index (χ2v) is 5.26. The van der Waals surface area contributed by atoms with Gasteiger partial charge in [0.25, 0.3) is 0 Å². The van der Waals surface area contributed by atoms with Crippen LogP contribution in [-0.2, 0) is 0 Å². The number of hydrogen-bond acceptors (Lipinski definition) is 2. The normalized spacial score (nSPS) is 12.3. The molecular weight excluding hydrogens is 198 g/mol. The Labute approximate surface area is 99.6 Å². The maximum atomic E-state index is 7.46. The van der Waals surface area contributed by atoms with Gasteiger partial charge in [0.1, 0.15) is 5.82 Å². The average molecular weight is 223 g/mol. The van der Waals surface area contributed by atoms with Crippen LogP contribution in [0.3, 0.4) is 0 Å². The van der Waals surface area contributed by atoms with Crippen molar-refractivity contribution < 1.29 is 0 Å². The van der Waals surface area contributed by atoms with E-state index in [0.717, 1.165) is 23.5 Å². The van der Waals surface area contributed by atoms with Gasteiger partial charge in [0.2, 0.25) is 0 Å². The highest BCUT2D eigenvalue weighted by Gasteiger charge is 2.17. The summed E-state index contributed by atoms with van der Waals surface area (Å²) in [5.74, 6) is 1.23. The second-order valence-electron chi connectivity index (χ2n) is 5.26. The Morgan fingerprint density at radius 2 is 1.69 bits per heavy atom. The first kappa shape index (κ1) is 14.9. The highest BCUT2D eigenvalue weighted by atomic mass is 15.1. The minimum Gasteiger partial charge on any atom is -0.329 e. The monoisotopic (exact) mass is 223 g/mol. The molecule has 0 rings (SSSR count). The molecule has 3 heteroatoms. The zero-order chi connectivity index (χ0) is 12.9. The van der Waals surface area contributed by atoms with Gasteiger partial charge in [0, 0.05) is 11.1 Å². The van der Waals surface area contributed by atoms with E-state index in [9.17, 15) is 0 Å². The van der Waals surface area contributed by atoms with Gasteiger partial charge in [0.15, 0.2) is 0 Å². The van der Waals surface area contributed by atoms with Crippen LogP contribution in [0.2, 0.25) is 0 Å². The van der Waals surface area contributed by atoms with Gasteiger partial charge in [-0.25, -0.2) is 4.99 Å². The molecule has 0 bridgehead atoms. The summed E-state index contributed by atoms with van der Waals surface area (Å²) in [5, 5.41) is 10.5. The van der Waals surface area contributed by atoms with Gasteiger partial charge in [-0.3, -0.25) is 5.41 Å². The summed E-state index contributed by atoms with van der Waals surface area (Å²) in [6.45, 7) is 14.3. The molecule has 0 heterocycles. The van der Waals surface area contributed by atoms with Crippen LogP contribution in [0, 0.1) is 10.8 Å². The van der Waals surface area contributed by atoms with Gasteiger partial charge in [0.05, 0.1) is 5.84 Å². The number of amidine groups is 1. The SMILES string of the molecule is CCC(=NC(NC(C)=N)=C(C)C)C(C)(C)C. The zero-order valence-corrected chi connectivity index (χ0v) is 11.7. The van der Waals surface area contributed by atoms with Crippen LogP contribution in [-0.4, -0.2) is 11.5 Å². The highest BCUT2D eigenvalue weighted by Crippen LogP contribution is 2.20. The molecular formula is C13H25N3. The summed E-state index contributed by atoms with van der Waals surface area (Å²) >= 11 is 0. The zero-order valence-electron chi connectivity index (χ0n) is 11.7. The average Bonchev–Trinajstić information content (AvgIpc) is 2.08. The van der Waals surface area contributed by atoms with Crippen LogP contribution < -0.4 is 5.32 Å². The second kappa shape index (κ2) is 5.83. The predicted octanol–water partition coefficient (Wildman–Crippen LogP) is 3.72. The summed E-state index contributed by atoms with van der Waals surface area (Å²) in [6, 6.07) is 0. The molecule has 3 nitrogen and oxygen atoms in total. The first-order valence-electron chi connectivity index (χ1n) is 5.76. The summed E-state index contributed by atoms with van der Waals surface area (Å²) < 4.78 is 0. The quantitative estimate of drug-likeness (QED) is 0.556. The first-order valence-corrected chi connectivity index (χ1v) is 5.76. The van der Waals surface area contributed by atoms with E-state index < -0.39 is 0 Å². The molecule has 0 aliphatic carbocycles. The molecule has 92 valence electrons. The maximum absolute atomic E-state index is 7.46. The Hall–Kier alpha value is -1.12. The number of aliphatic imine (C=N–C) groups is 1. The van der Waals surface area contributed by atoms with Crippen molar-refractivity contribution >= 4 is 11.5 Å². The molecule has 0 spiro atoms. The van der Waals surface area contributed by atoms with Crippen molar-refractivity contribution in [3.05, 3.63) is 11.4 Å². The molecule has 0 aliphatic rings. The van der Waals surface area contributed by atoms with Gasteiger partial charge in [-0.1, -0.05) is 27.7 Å². The third kappa shape index (κ3) is 5.10. The smallest absolute Gasteiger partial charge is 0.129 e. The van der Waals surface area contributed by atoms with Gasteiger partial charge >= 0.3 is 0 Å². The van der Waals surface area contributed by atoms with Crippen LogP contribution >= 0.6 is 0 Å². The van der Waals surface area contributed by atoms with E-state index in [1.165, 1.54) is 0 Å². The molecule has 0 aromatic carbocycles. The maximum Gasteiger partial charge on any atom is 0.129 e. The van der Waals surface area contributed by atoms with Crippen LogP contribution in [0.15, 0.2) is 16.4 Å². The fourth-order valence-corrected chi connectivity index (χ4v) is 1.35. The Kier molecular flexibility index (Phi) is 5.42. The molecule has 0 fully saturated rings. The lowest BCUT2D eigenvalue weighted by molar-refractivity contribution is 0.578. The molecule has 0 saturated heterocycles. The lowest BCUT2D eigenvalue weighted by atomic mass is 9.88. The van der Waals surface area contributed by atoms with Crippen molar-refractivity contribution in [1.82, 2.24) is 5.32 Å². The standard InChI is InChI=1S/C13H25N3/c1-8-11(13(5,6)7)16-12(9(2)3)15-10(4)14/h8H2,1-7H3,(H2,14,15). The van der Waals surface area contributed by atoms with Crippen LogP contribution in [0.4, 0.5) is 0 Å². The Morgan fingerprint density at radius 1 is 1.19 bits per heavy atom. The lowest BCUT2D eigenvalue weighted by Gasteiger charge is -2.21. The number of allylic oxidation sites excluding steroid dienone is 1. The van der Waals surface area contributed by atoms with Crippen LogP contribution in [0.1, 0.15) is 54.9 Å². The van der Waals surface area contributed by atoms with E-state index in [1.807, 2.05) is 13.8 Å². The largest absolute Gasteiger partial charge is 0.329 e. The Morgan fingerprint density at radius 3 is 1.94 bits per heavy atom. The van der Waals surface area contributed by atoms with Crippen molar-refractivity contribution in [2.24, 2.45) is 10.4 Å². The van der Waals surface area contributed by atoms with Crippen molar-refractivity contribution in [2.45, 2.75) is 54.9 Å². The molecule has 2 N–H and O–H groups in total. The molecule has 0 saturated carbocycles. The molecule has 0 radical (unpaired) electrons. The van der Waals surface area contributed by atoms with Gasteiger partial charge < -0.3 is 5.32 Å². The molecule has 0 atom stereocenters. The first-order chi connectivity index (χ1) is 7.18. The van der Waals surface area contributed by atoms with Crippen molar-refractivity contribution in [3.8, 4) is 0 Å². The van der Waals surface area contributed by atoms with Crippen LogP contribution in [0.5, 0.6) is 0 Å². The van der Waals surface area contributed by atoms with E-state index >= 15 is 0 Å². The van der Waals surface area contributed by atoms with E-state index in [2.05, 4.69) is 38.0 Å². The summed E-state index contributed by atoms with van der Waals surface area (Å²) in [7, 11) is 0. The topological polar surface area (TPSA) is 48.2 Å². The number of nitrogens with zero attached hydrogens (tertiary/aromatic N) is 1. The Balaban J connectivity index is 5.20. The fraction of sp³-hybridized carbons (Fsp3) is 0.692. The van der Waals surface area contributed by atoms with Gasteiger partial charge in [-0.15, -0.1) is 0 Å². The van der Waals surface area contributed by atoms with Gasteiger partial charge in [-0.2, -0.15) is 0 Å². The van der Waals surface area contributed by atoms with Crippen molar-refractivity contribution in [1.29, 1.82) is 5.41 Å². The number of hydrogen-bond donors (Lipinski definition) is 2.